The molecular weight excluding hydrogens is 236 g/mol. The first-order valence-corrected chi connectivity index (χ1v) is 7.14. The molecular formula is C17H22O2. The van der Waals surface area contributed by atoms with Crippen LogP contribution in [0.5, 0.6) is 5.75 Å². The van der Waals surface area contributed by atoms with Crippen molar-refractivity contribution in [3.8, 4) is 5.75 Å². The molecule has 2 heteroatoms. The number of ether oxygens (including phenoxy) is 2. The molecule has 5 atom stereocenters. The normalized spacial score (nSPS) is 36.1. The number of fused-ring (bicyclic) bond motifs is 3. The molecule has 3 rings (SSSR count). The molecule has 2 aliphatic rings. The molecule has 0 radical (unpaired) electrons. The van der Waals surface area contributed by atoms with Crippen LogP contribution in [-0.2, 0) is 4.74 Å². The van der Waals surface area contributed by atoms with Crippen LogP contribution in [0.4, 0.5) is 0 Å². The number of hydrogen-bond acceptors (Lipinski definition) is 2. The summed E-state index contributed by atoms with van der Waals surface area (Å²) in [4.78, 5) is 0. The van der Waals surface area contributed by atoms with Crippen LogP contribution in [0.1, 0.15) is 39.4 Å². The van der Waals surface area contributed by atoms with E-state index in [0.717, 1.165) is 5.75 Å². The van der Waals surface area contributed by atoms with E-state index in [2.05, 4.69) is 52.0 Å². The second-order valence-electron chi connectivity index (χ2n) is 6.06. The van der Waals surface area contributed by atoms with Crippen LogP contribution in [0.3, 0.4) is 0 Å². The van der Waals surface area contributed by atoms with Gasteiger partial charge in [-0.3, -0.25) is 0 Å². The molecule has 1 aromatic rings. The molecule has 2 heterocycles. The molecule has 0 spiro atoms. The lowest BCUT2D eigenvalue weighted by Gasteiger charge is -2.35. The zero-order valence-corrected chi connectivity index (χ0v) is 12.1. The second-order valence-corrected chi connectivity index (χ2v) is 6.06. The molecule has 2 aliphatic heterocycles. The summed E-state index contributed by atoms with van der Waals surface area (Å²) < 4.78 is 12.4. The highest BCUT2D eigenvalue weighted by Crippen LogP contribution is 2.50. The van der Waals surface area contributed by atoms with E-state index in [0.29, 0.717) is 11.8 Å². The maximum atomic E-state index is 6.22. The minimum absolute atomic E-state index is 0.129. The molecule has 2 nitrogen and oxygen atoms in total. The molecule has 0 aromatic heterocycles. The summed E-state index contributed by atoms with van der Waals surface area (Å²) in [6.45, 7) is 8.70. The second kappa shape index (κ2) is 4.68. The van der Waals surface area contributed by atoms with Gasteiger partial charge in [-0.25, -0.2) is 0 Å². The van der Waals surface area contributed by atoms with Gasteiger partial charge in [-0.05, 0) is 38.8 Å². The third-order valence-electron chi connectivity index (χ3n) is 4.42. The van der Waals surface area contributed by atoms with E-state index in [4.69, 9.17) is 9.47 Å². The number of benzene rings is 1. The Morgan fingerprint density at radius 2 is 1.89 bits per heavy atom. The topological polar surface area (TPSA) is 18.5 Å². The van der Waals surface area contributed by atoms with Crippen LogP contribution in [0.25, 0.3) is 0 Å². The van der Waals surface area contributed by atoms with Crippen molar-refractivity contribution in [2.24, 2.45) is 11.8 Å². The quantitative estimate of drug-likeness (QED) is 0.705. The van der Waals surface area contributed by atoms with E-state index in [9.17, 15) is 0 Å². The lowest BCUT2D eigenvalue weighted by atomic mass is 9.79. The molecule has 0 N–H and O–H groups in total. The fraction of sp³-hybridized carbons (Fsp3) is 0.529. The standard InChI is InChI=1S/C17H22O2/c1-10(2)9-15-16-11(3)12(4)18-17(16)13-7-5-6-8-14(13)19-15/h5-9,11-12,15-17H,1-4H3/t11-,12-,15-,16+,17+/m0/s1. The largest absolute Gasteiger partial charge is 0.486 e. The fourth-order valence-electron chi connectivity index (χ4n) is 3.31. The van der Waals surface area contributed by atoms with Gasteiger partial charge in [0.1, 0.15) is 11.9 Å². The molecule has 1 saturated heterocycles. The van der Waals surface area contributed by atoms with Crippen LogP contribution < -0.4 is 4.74 Å². The lowest BCUT2D eigenvalue weighted by Crippen LogP contribution is -2.35. The lowest BCUT2D eigenvalue weighted by molar-refractivity contribution is 0.0102. The summed E-state index contributed by atoms with van der Waals surface area (Å²) in [6.07, 6.45) is 2.84. The van der Waals surface area contributed by atoms with E-state index in [-0.39, 0.29) is 18.3 Å². The van der Waals surface area contributed by atoms with Gasteiger partial charge >= 0.3 is 0 Å². The molecule has 1 fully saturated rings. The van der Waals surface area contributed by atoms with Gasteiger partial charge in [-0.1, -0.05) is 30.7 Å². The molecule has 102 valence electrons. The monoisotopic (exact) mass is 258 g/mol. The Morgan fingerprint density at radius 3 is 2.63 bits per heavy atom. The number of allylic oxidation sites excluding steroid dienone is 1. The third kappa shape index (κ3) is 2.08. The van der Waals surface area contributed by atoms with Crippen molar-refractivity contribution in [3.63, 3.8) is 0 Å². The Balaban J connectivity index is 2.05. The third-order valence-corrected chi connectivity index (χ3v) is 4.42. The average molecular weight is 258 g/mol. The SMILES string of the molecule is CC(C)=C[C@@H]1Oc2ccccc2[C@H]2O[C@@H](C)[C@H](C)[C@H]12. The predicted octanol–water partition coefficient (Wildman–Crippen LogP) is 4.13. The molecule has 19 heavy (non-hydrogen) atoms. The summed E-state index contributed by atoms with van der Waals surface area (Å²) in [5.74, 6) is 1.91. The minimum Gasteiger partial charge on any atom is -0.486 e. The summed E-state index contributed by atoms with van der Waals surface area (Å²) >= 11 is 0. The van der Waals surface area contributed by atoms with E-state index in [1.54, 1.807) is 0 Å². The van der Waals surface area contributed by atoms with Gasteiger partial charge in [0.05, 0.1) is 12.2 Å². The molecule has 0 amide bonds. The highest BCUT2D eigenvalue weighted by molar-refractivity contribution is 5.39. The van der Waals surface area contributed by atoms with Gasteiger partial charge < -0.3 is 9.47 Å². The van der Waals surface area contributed by atoms with Gasteiger partial charge in [0.2, 0.25) is 0 Å². The van der Waals surface area contributed by atoms with E-state index in [1.165, 1.54) is 11.1 Å². The van der Waals surface area contributed by atoms with Gasteiger partial charge in [0.15, 0.2) is 0 Å². The maximum Gasteiger partial charge on any atom is 0.126 e. The summed E-state index contributed by atoms with van der Waals surface area (Å²) in [7, 11) is 0. The van der Waals surface area contributed by atoms with E-state index >= 15 is 0 Å². The molecule has 0 bridgehead atoms. The van der Waals surface area contributed by atoms with Crippen LogP contribution >= 0.6 is 0 Å². The number of hydrogen-bond donors (Lipinski definition) is 0. The number of rotatable bonds is 1. The summed E-state index contributed by atoms with van der Waals surface area (Å²) in [5, 5.41) is 0. The van der Waals surface area contributed by atoms with Crippen molar-refractivity contribution in [1.29, 1.82) is 0 Å². The first-order chi connectivity index (χ1) is 9.08. The van der Waals surface area contributed by atoms with Gasteiger partial charge in [0, 0.05) is 11.5 Å². The summed E-state index contributed by atoms with van der Waals surface area (Å²) in [5.41, 5.74) is 2.51. The average Bonchev–Trinajstić information content (AvgIpc) is 2.66. The first-order valence-electron chi connectivity index (χ1n) is 7.14. The van der Waals surface area contributed by atoms with Gasteiger partial charge in [-0.15, -0.1) is 0 Å². The van der Waals surface area contributed by atoms with Crippen LogP contribution in [0.2, 0.25) is 0 Å². The van der Waals surface area contributed by atoms with Crippen molar-refractivity contribution in [1.82, 2.24) is 0 Å². The maximum absolute atomic E-state index is 6.22. The minimum atomic E-state index is 0.129. The van der Waals surface area contributed by atoms with Crippen molar-refractivity contribution < 1.29 is 9.47 Å². The van der Waals surface area contributed by atoms with Gasteiger partial charge in [0.25, 0.3) is 0 Å². The number of para-hydroxylation sites is 1. The van der Waals surface area contributed by atoms with Crippen LogP contribution in [-0.4, -0.2) is 12.2 Å². The van der Waals surface area contributed by atoms with E-state index < -0.39 is 0 Å². The Bertz CT molecular complexity index is 502. The highest BCUT2D eigenvalue weighted by atomic mass is 16.5. The molecule has 1 aromatic carbocycles. The predicted molar refractivity (Wildman–Crippen MR) is 76.2 cm³/mol. The zero-order valence-electron chi connectivity index (χ0n) is 12.1. The van der Waals surface area contributed by atoms with Crippen molar-refractivity contribution >= 4 is 0 Å². The van der Waals surface area contributed by atoms with Crippen LogP contribution in [0, 0.1) is 11.8 Å². The Kier molecular flexibility index (Phi) is 3.14. The summed E-state index contributed by atoms with van der Waals surface area (Å²) in [6, 6.07) is 8.28. The first kappa shape index (κ1) is 12.7. The molecule has 0 unspecified atom stereocenters. The Labute approximate surface area is 115 Å². The van der Waals surface area contributed by atoms with Crippen molar-refractivity contribution in [2.45, 2.75) is 46.0 Å². The fourth-order valence-corrected chi connectivity index (χ4v) is 3.31. The molecule has 0 aliphatic carbocycles. The van der Waals surface area contributed by atoms with E-state index in [1.807, 2.05) is 6.07 Å². The van der Waals surface area contributed by atoms with Crippen molar-refractivity contribution in [3.05, 3.63) is 41.5 Å². The van der Waals surface area contributed by atoms with Crippen LogP contribution in [0.15, 0.2) is 35.9 Å². The zero-order chi connectivity index (χ0) is 13.6. The Morgan fingerprint density at radius 1 is 1.16 bits per heavy atom. The van der Waals surface area contributed by atoms with Gasteiger partial charge in [-0.2, -0.15) is 0 Å². The van der Waals surface area contributed by atoms with Crippen molar-refractivity contribution in [2.75, 3.05) is 0 Å². The Hall–Kier alpha value is -1.28. The molecule has 0 saturated carbocycles. The highest BCUT2D eigenvalue weighted by Gasteiger charge is 2.48. The smallest absolute Gasteiger partial charge is 0.126 e.